The Morgan fingerprint density at radius 2 is 2.06 bits per heavy atom. The molecule has 94 valence electrons. The van der Waals surface area contributed by atoms with Crippen molar-refractivity contribution in [2.45, 2.75) is 13.0 Å². The first-order valence-electron chi connectivity index (χ1n) is 5.40. The third-order valence-corrected chi connectivity index (χ3v) is 2.70. The van der Waals surface area contributed by atoms with Crippen LogP contribution in [0.5, 0.6) is 5.75 Å². The van der Waals surface area contributed by atoms with Gasteiger partial charge in [-0.15, -0.1) is 10.2 Å². The largest absolute Gasteiger partial charge is 0.497 e. The third-order valence-electron chi connectivity index (χ3n) is 2.70. The highest BCUT2D eigenvalue weighted by Crippen LogP contribution is 2.22. The van der Waals surface area contributed by atoms with Gasteiger partial charge in [-0.05, 0) is 31.2 Å². The molecule has 1 aromatic heterocycles. The van der Waals surface area contributed by atoms with E-state index in [2.05, 4.69) is 10.2 Å². The predicted molar refractivity (Wildman–Crippen MR) is 64.4 cm³/mol. The van der Waals surface area contributed by atoms with Gasteiger partial charge < -0.3 is 9.84 Å². The number of ether oxygens (including phenoxy) is 1. The predicted octanol–water partition coefficient (Wildman–Crippen LogP) is 1.60. The van der Waals surface area contributed by atoms with Gasteiger partial charge in [0.1, 0.15) is 18.1 Å². The lowest BCUT2D eigenvalue weighted by Crippen LogP contribution is -2.15. The lowest BCUT2D eigenvalue weighted by Gasteiger charge is -2.10. The highest BCUT2D eigenvalue weighted by atomic mass is 16.5. The molecule has 1 aromatic carbocycles. The summed E-state index contributed by atoms with van der Waals surface area (Å²) in [5.74, 6) is 0.327. The third kappa shape index (κ3) is 2.17. The van der Waals surface area contributed by atoms with Gasteiger partial charge in [0.05, 0.1) is 7.11 Å². The summed E-state index contributed by atoms with van der Waals surface area (Å²) in [6.07, 6.45) is 1.42. The topological polar surface area (TPSA) is 77.2 Å². The molecule has 0 amide bonds. The van der Waals surface area contributed by atoms with Crippen molar-refractivity contribution in [3.05, 3.63) is 30.6 Å². The summed E-state index contributed by atoms with van der Waals surface area (Å²) in [6, 6.07) is 6.50. The van der Waals surface area contributed by atoms with E-state index in [9.17, 15) is 4.79 Å². The van der Waals surface area contributed by atoms with E-state index in [4.69, 9.17) is 9.84 Å². The van der Waals surface area contributed by atoms with Crippen molar-refractivity contribution in [2.75, 3.05) is 7.11 Å². The first kappa shape index (κ1) is 12.1. The SMILES string of the molecule is COc1ccc(-c2nncn2C(C)C(=O)O)cc1. The number of carbonyl (C=O) groups is 1. The van der Waals surface area contributed by atoms with Crippen LogP contribution in [0.15, 0.2) is 30.6 Å². The maximum atomic E-state index is 11.0. The molecule has 1 atom stereocenters. The van der Waals surface area contributed by atoms with E-state index >= 15 is 0 Å². The molecule has 0 fully saturated rings. The number of carboxylic acid groups (broad SMARTS) is 1. The molecule has 0 aliphatic carbocycles. The summed E-state index contributed by atoms with van der Waals surface area (Å²) in [7, 11) is 1.59. The van der Waals surface area contributed by atoms with Crippen LogP contribution < -0.4 is 4.74 Å². The molecular formula is C12H13N3O3. The van der Waals surface area contributed by atoms with Gasteiger partial charge in [-0.25, -0.2) is 4.79 Å². The number of methoxy groups -OCH3 is 1. The highest BCUT2D eigenvalue weighted by Gasteiger charge is 2.18. The first-order valence-corrected chi connectivity index (χ1v) is 5.40. The van der Waals surface area contributed by atoms with Gasteiger partial charge in [0.25, 0.3) is 0 Å². The molecule has 1 unspecified atom stereocenters. The van der Waals surface area contributed by atoms with E-state index in [-0.39, 0.29) is 0 Å². The zero-order valence-electron chi connectivity index (χ0n) is 10.1. The fourth-order valence-corrected chi connectivity index (χ4v) is 1.59. The normalized spacial score (nSPS) is 12.1. The van der Waals surface area contributed by atoms with Crippen molar-refractivity contribution < 1.29 is 14.6 Å². The molecule has 1 heterocycles. The fourth-order valence-electron chi connectivity index (χ4n) is 1.59. The van der Waals surface area contributed by atoms with Gasteiger partial charge in [-0.3, -0.25) is 4.57 Å². The number of aliphatic carboxylic acids is 1. The zero-order valence-corrected chi connectivity index (χ0v) is 10.1. The van der Waals surface area contributed by atoms with Gasteiger partial charge >= 0.3 is 5.97 Å². The molecule has 0 radical (unpaired) electrons. The van der Waals surface area contributed by atoms with Crippen molar-refractivity contribution in [3.8, 4) is 17.1 Å². The Morgan fingerprint density at radius 1 is 1.39 bits per heavy atom. The molecule has 6 heteroatoms. The molecular weight excluding hydrogens is 234 g/mol. The summed E-state index contributed by atoms with van der Waals surface area (Å²) < 4.78 is 6.58. The molecule has 0 spiro atoms. The Kier molecular flexibility index (Phi) is 3.27. The van der Waals surface area contributed by atoms with Crippen molar-refractivity contribution in [1.29, 1.82) is 0 Å². The minimum Gasteiger partial charge on any atom is -0.497 e. The maximum Gasteiger partial charge on any atom is 0.326 e. The van der Waals surface area contributed by atoms with Gasteiger partial charge in [-0.2, -0.15) is 0 Å². The van der Waals surface area contributed by atoms with Gasteiger partial charge in [0, 0.05) is 5.56 Å². The summed E-state index contributed by atoms with van der Waals surface area (Å²) >= 11 is 0. The molecule has 2 aromatic rings. The van der Waals surface area contributed by atoms with E-state index < -0.39 is 12.0 Å². The summed E-state index contributed by atoms with van der Waals surface area (Å²) in [5.41, 5.74) is 0.793. The molecule has 0 saturated carbocycles. The van der Waals surface area contributed by atoms with Gasteiger partial charge in [-0.1, -0.05) is 0 Å². The van der Waals surface area contributed by atoms with Crippen molar-refractivity contribution >= 4 is 5.97 Å². The highest BCUT2D eigenvalue weighted by molar-refractivity contribution is 5.72. The molecule has 0 aliphatic heterocycles. The summed E-state index contributed by atoms with van der Waals surface area (Å²) in [6.45, 7) is 1.58. The van der Waals surface area contributed by atoms with Gasteiger partial charge in [0.15, 0.2) is 5.82 Å². The van der Waals surface area contributed by atoms with E-state index in [1.807, 2.05) is 12.1 Å². The molecule has 18 heavy (non-hydrogen) atoms. The Hall–Kier alpha value is -2.37. The van der Waals surface area contributed by atoms with Crippen molar-refractivity contribution in [3.63, 3.8) is 0 Å². The number of nitrogens with zero attached hydrogens (tertiary/aromatic N) is 3. The number of rotatable bonds is 4. The maximum absolute atomic E-state index is 11.0. The molecule has 0 saturated heterocycles. The van der Waals surface area contributed by atoms with Crippen LogP contribution in [0.25, 0.3) is 11.4 Å². The Bertz CT molecular complexity index is 548. The first-order chi connectivity index (χ1) is 8.63. The fraction of sp³-hybridized carbons (Fsp3) is 0.250. The van der Waals surface area contributed by atoms with E-state index in [1.165, 1.54) is 10.9 Å². The molecule has 0 bridgehead atoms. The number of hydrogen-bond donors (Lipinski definition) is 1. The number of aromatic nitrogens is 3. The van der Waals surface area contributed by atoms with E-state index in [1.54, 1.807) is 26.2 Å². The monoisotopic (exact) mass is 247 g/mol. The number of benzene rings is 1. The second kappa shape index (κ2) is 4.87. The standard InChI is InChI=1S/C12H13N3O3/c1-8(12(16)17)15-7-13-14-11(15)9-3-5-10(18-2)6-4-9/h3-8H,1-2H3,(H,16,17). The Balaban J connectivity index is 2.38. The summed E-state index contributed by atoms with van der Waals surface area (Å²) in [5, 5.41) is 16.7. The van der Waals surface area contributed by atoms with E-state index in [0.29, 0.717) is 5.82 Å². The van der Waals surface area contributed by atoms with Crippen molar-refractivity contribution in [1.82, 2.24) is 14.8 Å². The van der Waals surface area contributed by atoms with Crippen LogP contribution in [-0.4, -0.2) is 33.0 Å². The van der Waals surface area contributed by atoms with Crippen LogP contribution in [0.3, 0.4) is 0 Å². The van der Waals surface area contributed by atoms with Crippen LogP contribution in [0.1, 0.15) is 13.0 Å². The zero-order chi connectivity index (χ0) is 13.1. The second-order valence-electron chi connectivity index (χ2n) is 3.80. The molecule has 2 rings (SSSR count). The van der Waals surface area contributed by atoms with Crippen LogP contribution >= 0.6 is 0 Å². The lowest BCUT2D eigenvalue weighted by molar-refractivity contribution is -0.140. The van der Waals surface area contributed by atoms with Crippen molar-refractivity contribution in [2.24, 2.45) is 0 Å². The Morgan fingerprint density at radius 3 is 2.61 bits per heavy atom. The van der Waals surface area contributed by atoms with Crippen LogP contribution in [0.2, 0.25) is 0 Å². The molecule has 1 N–H and O–H groups in total. The lowest BCUT2D eigenvalue weighted by atomic mass is 10.2. The number of hydrogen-bond acceptors (Lipinski definition) is 4. The molecule has 0 aliphatic rings. The number of carboxylic acids is 1. The van der Waals surface area contributed by atoms with Gasteiger partial charge in [0.2, 0.25) is 0 Å². The Labute approximate surface area is 104 Å². The smallest absolute Gasteiger partial charge is 0.326 e. The van der Waals surface area contributed by atoms with E-state index in [0.717, 1.165) is 11.3 Å². The average molecular weight is 247 g/mol. The second-order valence-corrected chi connectivity index (χ2v) is 3.80. The molecule has 6 nitrogen and oxygen atoms in total. The van der Waals surface area contributed by atoms with Crippen LogP contribution in [0.4, 0.5) is 0 Å². The summed E-state index contributed by atoms with van der Waals surface area (Å²) in [4.78, 5) is 11.0. The average Bonchev–Trinajstić information content (AvgIpc) is 2.87. The van der Waals surface area contributed by atoms with Crippen LogP contribution in [0, 0.1) is 0 Å². The quantitative estimate of drug-likeness (QED) is 0.887. The minimum absolute atomic E-state index is 0.521. The minimum atomic E-state index is -0.926. The van der Waals surface area contributed by atoms with Crippen LogP contribution in [-0.2, 0) is 4.79 Å².